The predicted molar refractivity (Wildman–Crippen MR) is 63.5 cm³/mol. The van der Waals surface area contributed by atoms with Crippen molar-refractivity contribution in [3.8, 4) is 0 Å². The van der Waals surface area contributed by atoms with Crippen molar-refractivity contribution in [1.29, 1.82) is 0 Å². The van der Waals surface area contributed by atoms with Crippen LogP contribution in [0, 0.1) is 0 Å². The third-order valence-corrected chi connectivity index (χ3v) is 3.59. The summed E-state index contributed by atoms with van der Waals surface area (Å²) in [5.74, 6) is 0. The molecular weight excluding hydrogens is 246 g/mol. The van der Waals surface area contributed by atoms with Gasteiger partial charge in [-0.25, -0.2) is 0 Å². The van der Waals surface area contributed by atoms with Gasteiger partial charge < -0.3 is 5.32 Å². The summed E-state index contributed by atoms with van der Waals surface area (Å²) in [7, 11) is 0. The van der Waals surface area contributed by atoms with Crippen molar-refractivity contribution < 1.29 is 0 Å². The average molecular weight is 262 g/mol. The van der Waals surface area contributed by atoms with Crippen molar-refractivity contribution in [2.45, 2.75) is 32.7 Å². The molecule has 1 rings (SSSR count). The van der Waals surface area contributed by atoms with Crippen molar-refractivity contribution >= 4 is 27.3 Å². The standard InChI is InChI=1S/C10H16BrNS/c1-3-4-12-8(2)5-10-6-9(11)7-13-10/h6-8,12H,3-5H2,1-2H3. The van der Waals surface area contributed by atoms with Gasteiger partial charge in [-0.15, -0.1) is 11.3 Å². The lowest BCUT2D eigenvalue weighted by atomic mass is 10.2. The molecule has 0 saturated heterocycles. The molecule has 0 aromatic carbocycles. The van der Waals surface area contributed by atoms with Gasteiger partial charge >= 0.3 is 0 Å². The highest BCUT2D eigenvalue weighted by Crippen LogP contribution is 2.20. The summed E-state index contributed by atoms with van der Waals surface area (Å²) >= 11 is 5.29. The highest BCUT2D eigenvalue weighted by atomic mass is 79.9. The van der Waals surface area contributed by atoms with Gasteiger partial charge in [0.2, 0.25) is 0 Å². The fraction of sp³-hybridized carbons (Fsp3) is 0.600. The molecule has 1 unspecified atom stereocenters. The second-order valence-corrected chi connectivity index (χ2v) is 5.20. The van der Waals surface area contributed by atoms with Crippen LogP contribution in [0.5, 0.6) is 0 Å². The zero-order chi connectivity index (χ0) is 9.68. The largest absolute Gasteiger partial charge is 0.314 e. The number of halogens is 1. The van der Waals surface area contributed by atoms with Crippen LogP contribution < -0.4 is 5.32 Å². The van der Waals surface area contributed by atoms with Gasteiger partial charge in [-0.1, -0.05) is 6.92 Å². The normalized spacial score (nSPS) is 13.2. The monoisotopic (exact) mass is 261 g/mol. The third-order valence-electron chi connectivity index (χ3n) is 1.87. The molecule has 0 amide bonds. The molecule has 1 atom stereocenters. The molecule has 0 radical (unpaired) electrons. The molecule has 3 heteroatoms. The third kappa shape index (κ3) is 4.25. The van der Waals surface area contributed by atoms with Crippen molar-refractivity contribution in [3.05, 3.63) is 20.8 Å². The molecule has 0 aliphatic carbocycles. The Bertz CT molecular complexity index is 247. The number of nitrogens with one attached hydrogen (secondary N) is 1. The molecular formula is C10H16BrNS. The molecule has 0 aliphatic heterocycles. The van der Waals surface area contributed by atoms with E-state index < -0.39 is 0 Å². The quantitative estimate of drug-likeness (QED) is 0.857. The van der Waals surface area contributed by atoms with E-state index in [0.717, 1.165) is 13.0 Å². The van der Waals surface area contributed by atoms with E-state index in [-0.39, 0.29) is 0 Å². The smallest absolute Gasteiger partial charge is 0.0285 e. The summed E-state index contributed by atoms with van der Waals surface area (Å²) in [5, 5.41) is 5.62. The van der Waals surface area contributed by atoms with Crippen LogP contribution in [0.25, 0.3) is 0 Å². The predicted octanol–water partition coefficient (Wildman–Crippen LogP) is 3.44. The van der Waals surface area contributed by atoms with Crippen molar-refractivity contribution in [3.63, 3.8) is 0 Å². The van der Waals surface area contributed by atoms with Crippen LogP contribution in [0.4, 0.5) is 0 Å². The van der Waals surface area contributed by atoms with Gasteiger partial charge in [0.15, 0.2) is 0 Å². The van der Waals surface area contributed by atoms with Crippen LogP contribution in [-0.4, -0.2) is 12.6 Å². The van der Waals surface area contributed by atoms with Gasteiger partial charge in [0.1, 0.15) is 0 Å². The molecule has 74 valence electrons. The summed E-state index contributed by atoms with van der Waals surface area (Å²) in [6, 6.07) is 2.79. The molecule has 0 saturated carbocycles. The lowest BCUT2D eigenvalue weighted by Gasteiger charge is -2.11. The Morgan fingerprint density at radius 2 is 2.38 bits per heavy atom. The van der Waals surface area contributed by atoms with Gasteiger partial charge in [-0.2, -0.15) is 0 Å². The van der Waals surface area contributed by atoms with E-state index in [1.54, 1.807) is 0 Å². The first-order valence-corrected chi connectivity index (χ1v) is 6.36. The van der Waals surface area contributed by atoms with E-state index in [2.05, 4.69) is 46.5 Å². The van der Waals surface area contributed by atoms with E-state index in [9.17, 15) is 0 Å². The molecule has 1 nitrogen and oxygen atoms in total. The first-order valence-electron chi connectivity index (χ1n) is 4.68. The lowest BCUT2D eigenvalue weighted by Crippen LogP contribution is -2.28. The van der Waals surface area contributed by atoms with Gasteiger partial charge in [0.25, 0.3) is 0 Å². The zero-order valence-electron chi connectivity index (χ0n) is 8.14. The number of thiophene rings is 1. The molecule has 0 bridgehead atoms. The van der Waals surface area contributed by atoms with E-state index >= 15 is 0 Å². The van der Waals surface area contributed by atoms with Crippen LogP contribution in [0.3, 0.4) is 0 Å². The molecule has 13 heavy (non-hydrogen) atoms. The lowest BCUT2D eigenvalue weighted by molar-refractivity contribution is 0.546. The van der Waals surface area contributed by atoms with Crippen molar-refractivity contribution in [2.24, 2.45) is 0 Å². The first-order chi connectivity index (χ1) is 6.22. The molecule has 1 aromatic rings. The van der Waals surface area contributed by atoms with Crippen LogP contribution in [-0.2, 0) is 6.42 Å². The maximum atomic E-state index is 3.48. The Morgan fingerprint density at radius 1 is 1.62 bits per heavy atom. The fourth-order valence-corrected chi connectivity index (χ4v) is 2.81. The molecule has 1 N–H and O–H groups in total. The Kier molecular flexibility index (Phi) is 4.99. The summed E-state index contributed by atoms with van der Waals surface area (Å²) in [4.78, 5) is 1.45. The van der Waals surface area contributed by atoms with Crippen molar-refractivity contribution in [1.82, 2.24) is 5.32 Å². The van der Waals surface area contributed by atoms with E-state index in [1.807, 2.05) is 11.3 Å². The summed E-state index contributed by atoms with van der Waals surface area (Å²) in [6.45, 7) is 5.55. The Hall–Kier alpha value is 0.140. The molecule has 0 fully saturated rings. The van der Waals surface area contributed by atoms with Gasteiger partial charge in [0.05, 0.1) is 0 Å². The Balaban J connectivity index is 2.31. The van der Waals surface area contributed by atoms with E-state index in [0.29, 0.717) is 6.04 Å². The van der Waals surface area contributed by atoms with Crippen LogP contribution >= 0.6 is 27.3 Å². The maximum absolute atomic E-state index is 3.48. The van der Waals surface area contributed by atoms with E-state index in [1.165, 1.54) is 15.8 Å². The van der Waals surface area contributed by atoms with Crippen LogP contribution in [0.1, 0.15) is 25.1 Å². The molecule has 0 spiro atoms. The van der Waals surface area contributed by atoms with Crippen LogP contribution in [0.15, 0.2) is 15.9 Å². The van der Waals surface area contributed by atoms with Gasteiger partial charge in [-0.05, 0) is 48.3 Å². The minimum atomic E-state index is 0.588. The summed E-state index contributed by atoms with van der Waals surface area (Å²) < 4.78 is 1.20. The van der Waals surface area contributed by atoms with Crippen LogP contribution in [0.2, 0.25) is 0 Å². The SMILES string of the molecule is CCCNC(C)Cc1cc(Br)cs1. The average Bonchev–Trinajstić information content (AvgIpc) is 2.48. The topological polar surface area (TPSA) is 12.0 Å². The highest BCUT2D eigenvalue weighted by molar-refractivity contribution is 9.10. The minimum absolute atomic E-state index is 0.588. The number of hydrogen-bond donors (Lipinski definition) is 1. The maximum Gasteiger partial charge on any atom is 0.0285 e. The zero-order valence-corrected chi connectivity index (χ0v) is 10.5. The minimum Gasteiger partial charge on any atom is -0.314 e. The van der Waals surface area contributed by atoms with E-state index in [4.69, 9.17) is 0 Å². The van der Waals surface area contributed by atoms with Gasteiger partial charge in [0, 0.05) is 20.8 Å². The molecule has 1 heterocycles. The number of hydrogen-bond acceptors (Lipinski definition) is 2. The number of rotatable bonds is 5. The Morgan fingerprint density at radius 3 is 2.92 bits per heavy atom. The summed E-state index contributed by atoms with van der Waals surface area (Å²) in [6.07, 6.45) is 2.34. The van der Waals surface area contributed by atoms with Crippen molar-refractivity contribution in [2.75, 3.05) is 6.54 Å². The fourth-order valence-electron chi connectivity index (χ4n) is 1.23. The molecule has 1 aromatic heterocycles. The summed E-state index contributed by atoms with van der Waals surface area (Å²) in [5.41, 5.74) is 0. The second kappa shape index (κ2) is 5.78. The second-order valence-electron chi connectivity index (χ2n) is 3.29. The molecule has 0 aliphatic rings. The Labute approximate surface area is 92.7 Å². The first kappa shape index (κ1) is 11.2. The highest BCUT2D eigenvalue weighted by Gasteiger charge is 2.03. The van der Waals surface area contributed by atoms with Gasteiger partial charge in [-0.3, -0.25) is 0 Å².